The van der Waals surface area contributed by atoms with Crippen LogP contribution in [0.3, 0.4) is 0 Å². The normalized spacial score (nSPS) is 22.4. The minimum atomic E-state index is -3.23. The Bertz CT molecular complexity index is 387. The SMILES string of the molecule is O=C(SBNS(=O)(=O)C1CCCCCC1)C1CC1. The van der Waals surface area contributed by atoms with Crippen LogP contribution in [0.25, 0.3) is 0 Å². The Balaban J connectivity index is 1.76. The van der Waals surface area contributed by atoms with Gasteiger partial charge in [-0.25, -0.2) is 13.1 Å². The molecule has 0 saturated heterocycles. The predicted molar refractivity (Wildman–Crippen MR) is 76.0 cm³/mol. The van der Waals surface area contributed by atoms with Gasteiger partial charge in [0.2, 0.25) is 10.0 Å². The zero-order chi connectivity index (χ0) is 13.0. The number of carbonyl (C=O) groups is 1. The zero-order valence-corrected chi connectivity index (χ0v) is 12.2. The van der Waals surface area contributed by atoms with Crippen LogP contribution in [0.1, 0.15) is 51.4 Å². The van der Waals surface area contributed by atoms with Crippen LogP contribution in [0.15, 0.2) is 0 Å². The van der Waals surface area contributed by atoms with Crippen molar-refractivity contribution in [3.63, 3.8) is 0 Å². The fraction of sp³-hybridized carbons (Fsp3) is 0.909. The summed E-state index contributed by atoms with van der Waals surface area (Å²) in [6, 6.07) is 0. The van der Waals surface area contributed by atoms with Gasteiger partial charge in [0.25, 0.3) is 6.69 Å². The van der Waals surface area contributed by atoms with Crippen LogP contribution in [-0.2, 0) is 14.8 Å². The lowest BCUT2D eigenvalue weighted by molar-refractivity contribution is -0.111. The number of hydrogen-bond donors (Lipinski definition) is 1. The highest BCUT2D eigenvalue weighted by molar-refractivity contribution is 8.34. The Morgan fingerprint density at radius 1 is 1.06 bits per heavy atom. The summed E-state index contributed by atoms with van der Waals surface area (Å²) in [5.41, 5.74) is 0. The van der Waals surface area contributed by atoms with E-state index in [0.717, 1.165) is 63.0 Å². The molecule has 0 heterocycles. The zero-order valence-electron chi connectivity index (χ0n) is 10.6. The molecule has 0 aromatic rings. The first-order valence-electron chi connectivity index (χ1n) is 6.75. The van der Waals surface area contributed by atoms with Crippen LogP contribution >= 0.6 is 11.6 Å². The number of rotatable bonds is 5. The van der Waals surface area contributed by atoms with Crippen LogP contribution in [0.2, 0.25) is 0 Å². The molecule has 0 aromatic heterocycles. The molecule has 2 aliphatic carbocycles. The number of nitrogens with one attached hydrogen (secondary N) is 1. The summed E-state index contributed by atoms with van der Waals surface area (Å²) < 4.78 is 26.7. The fourth-order valence-corrected chi connectivity index (χ4v) is 4.99. The average Bonchev–Trinajstić information content (AvgIpc) is 3.16. The van der Waals surface area contributed by atoms with Crippen molar-refractivity contribution in [1.29, 1.82) is 0 Å². The summed E-state index contributed by atoms with van der Waals surface area (Å²) in [7, 11) is -3.23. The standard InChI is InChI=1S/C11H20BNO3S2/c14-11(9-7-8-9)17-12-13-18(15,16)10-5-3-1-2-4-6-10/h9-10,12-13H,1-8H2. The lowest BCUT2D eigenvalue weighted by Crippen LogP contribution is -2.35. The molecule has 2 rings (SSSR count). The molecule has 0 radical (unpaired) electrons. The molecular formula is C11H20BNO3S2. The molecule has 2 fully saturated rings. The average molecular weight is 289 g/mol. The van der Waals surface area contributed by atoms with Crippen molar-refractivity contribution in [2.45, 2.75) is 56.6 Å². The van der Waals surface area contributed by atoms with Crippen molar-refractivity contribution in [2.24, 2.45) is 5.92 Å². The lowest BCUT2D eigenvalue weighted by Gasteiger charge is -2.15. The van der Waals surface area contributed by atoms with Gasteiger partial charge in [-0.15, -0.1) is 11.6 Å². The maximum Gasteiger partial charge on any atom is 0.294 e. The van der Waals surface area contributed by atoms with Gasteiger partial charge >= 0.3 is 0 Å². The van der Waals surface area contributed by atoms with Crippen molar-refractivity contribution >= 4 is 33.4 Å². The quantitative estimate of drug-likeness (QED) is 0.616. The summed E-state index contributed by atoms with van der Waals surface area (Å²) in [6.07, 6.45) is 7.75. The van der Waals surface area contributed by atoms with Gasteiger partial charge in [0, 0.05) is 5.92 Å². The summed E-state index contributed by atoms with van der Waals surface area (Å²) in [5.74, 6) is 0.192. The third kappa shape index (κ3) is 4.28. The van der Waals surface area contributed by atoms with E-state index in [1.807, 2.05) is 0 Å². The minimum absolute atomic E-state index is 0.138. The van der Waals surface area contributed by atoms with E-state index in [2.05, 4.69) is 4.63 Å². The molecule has 0 amide bonds. The van der Waals surface area contributed by atoms with Gasteiger partial charge in [-0.3, -0.25) is 4.79 Å². The highest BCUT2D eigenvalue weighted by Crippen LogP contribution is 2.33. The van der Waals surface area contributed by atoms with Gasteiger partial charge in [0.15, 0.2) is 5.12 Å². The highest BCUT2D eigenvalue weighted by Gasteiger charge is 2.31. The van der Waals surface area contributed by atoms with Gasteiger partial charge in [-0.05, 0) is 25.7 Å². The second kappa shape index (κ2) is 6.43. The van der Waals surface area contributed by atoms with E-state index < -0.39 is 10.0 Å². The molecule has 18 heavy (non-hydrogen) atoms. The molecule has 0 aliphatic heterocycles. The predicted octanol–water partition coefficient (Wildman–Crippen LogP) is 1.56. The molecule has 7 heteroatoms. The van der Waals surface area contributed by atoms with Crippen molar-refractivity contribution in [2.75, 3.05) is 0 Å². The number of carbonyl (C=O) groups excluding carboxylic acids is 1. The molecule has 4 nitrogen and oxygen atoms in total. The maximum atomic E-state index is 12.1. The highest BCUT2D eigenvalue weighted by atomic mass is 32.2. The number of hydrogen-bond acceptors (Lipinski definition) is 4. The summed E-state index contributed by atoms with van der Waals surface area (Å²) in [5, 5.41) is -0.116. The van der Waals surface area contributed by atoms with Crippen LogP contribution in [0.4, 0.5) is 0 Å². The van der Waals surface area contributed by atoms with Crippen molar-refractivity contribution in [3.05, 3.63) is 0 Å². The minimum Gasteiger partial charge on any atom is -0.288 e. The van der Waals surface area contributed by atoms with E-state index in [0.29, 0.717) is 0 Å². The van der Waals surface area contributed by atoms with Crippen molar-refractivity contribution < 1.29 is 13.2 Å². The third-order valence-corrected chi connectivity index (χ3v) is 6.61. The summed E-state index contributed by atoms with van der Waals surface area (Å²) in [6.45, 7) is 0.203. The molecule has 102 valence electrons. The number of sulfonamides is 1. The van der Waals surface area contributed by atoms with Gasteiger partial charge in [0.05, 0.1) is 5.25 Å². The molecule has 0 aromatic carbocycles. The Morgan fingerprint density at radius 2 is 1.67 bits per heavy atom. The van der Waals surface area contributed by atoms with E-state index in [1.165, 1.54) is 0 Å². The van der Waals surface area contributed by atoms with Gasteiger partial charge in [0.1, 0.15) is 0 Å². The maximum absolute atomic E-state index is 12.1. The van der Waals surface area contributed by atoms with Gasteiger partial charge in [-0.2, -0.15) is 0 Å². The topological polar surface area (TPSA) is 63.2 Å². The molecule has 0 bridgehead atoms. The summed E-state index contributed by atoms with van der Waals surface area (Å²) >= 11 is 1.11. The molecule has 1 N–H and O–H groups in total. The Morgan fingerprint density at radius 3 is 2.22 bits per heavy atom. The molecule has 0 unspecified atom stereocenters. The van der Waals surface area contributed by atoms with E-state index in [4.69, 9.17) is 0 Å². The Kier molecular flexibility index (Phi) is 5.15. The second-order valence-corrected chi connectivity index (χ2v) is 8.21. The first kappa shape index (κ1) is 14.4. The van der Waals surface area contributed by atoms with E-state index in [1.54, 1.807) is 0 Å². The van der Waals surface area contributed by atoms with Crippen LogP contribution < -0.4 is 4.63 Å². The summed E-state index contributed by atoms with van der Waals surface area (Å²) in [4.78, 5) is 11.5. The fourth-order valence-electron chi connectivity index (χ4n) is 2.29. The first-order valence-corrected chi connectivity index (χ1v) is 9.28. The smallest absolute Gasteiger partial charge is 0.288 e. The molecule has 0 atom stereocenters. The van der Waals surface area contributed by atoms with Crippen molar-refractivity contribution in [3.8, 4) is 0 Å². The van der Waals surface area contributed by atoms with Crippen molar-refractivity contribution in [1.82, 2.24) is 4.63 Å². The molecule has 0 spiro atoms. The van der Waals surface area contributed by atoms with Gasteiger partial charge < -0.3 is 0 Å². The van der Waals surface area contributed by atoms with E-state index in [9.17, 15) is 13.2 Å². The lowest BCUT2D eigenvalue weighted by atomic mass is 10.2. The third-order valence-electron chi connectivity index (χ3n) is 3.63. The van der Waals surface area contributed by atoms with Crippen LogP contribution in [-0.4, -0.2) is 25.5 Å². The monoisotopic (exact) mass is 289 g/mol. The molecule has 2 saturated carbocycles. The van der Waals surface area contributed by atoms with Crippen LogP contribution in [0.5, 0.6) is 0 Å². The largest absolute Gasteiger partial charge is 0.294 e. The van der Waals surface area contributed by atoms with Gasteiger partial charge in [-0.1, -0.05) is 25.7 Å². The Hall–Kier alpha value is -0.00506. The van der Waals surface area contributed by atoms with Crippen LogP contribution in [0, 0.1) is 5.92 Å². The molecular weight excluding hydrogens is 269 g/mol. The van der Waals surface area contributed by atoms with E-state index >= 15 is 0 Å². The van der Waals surface area contributed by atoms with E-state index in [-0.39, 0.29) is 23.0 Å². The molecule has 2 aliphatic rings. The first-order chi connectivity index (χ1) is 8.59. The second-order valence-electron chi connectivity index (χ2n) is 5.18. The Labute approximate surface area is 114 Å².